The van der Waals surface area contributed by atoms with E-state index in [0.29, 0.717) is 11.8 Å². The number of rotatable bonds is 5. The van der Waals surface area contributed by atoms with Gasteiger partial charge in [0.1, 0.15) is 0 Å². The lowest BCUT2D eigenvalue weighted by Gasteiger charge is -2.18. The third-order valence-corrected chi connectivity index (χ3v) is 4.14. The highest BCUT2D eigenvalue weighted by Crippen LogP contribution is 2.54. The molecule has 0 bridgehead atoms. The summed E-state index contributed by atoms with van der Waals surface area (Å²) in [5, 5.41) is 4.26. The van der Waals surface area contributed by atoms with Gasteiger partial charge in [-0.3, -0.25) is 16.0 Å². The molecule has 0 saturated heterocycles. The minimum absolute atomic E-state index is 0.0580. The molecule has 0 aliphatic heterocycles. The Morgan fingerprint density at radius 1 is 1.40 bits per heavy atom. The van der Waals surface area contributed by atoms with Gasteiger partial charge in [-0.25, -0.2) is 0 Å². The largest absolute Gasteiger partial charge is 0.493 e. The number of methoxy groups -OCH3 is 1. The molecule has 0 radical (unpaired) electrons. The SMILES string of the molecule is COc1cnn(C)c1C(NN)C1CC1c1ccccc1. The summed E-state index contributed by atoms with van der Waals surface area (Å²) in [6.07, 6.45) is 2.87. The number of ether oxygens (including phenoxy) is 1. The summed E-state index contributed by atoms with van der Waals surface area (Å²) < 4.78 is 7.23. The number of benzene rings is 1. The molecule has 1 aromatic carbocycles. The molecule has 3 rings (SSSR count). The van der Waals surface area contributed by atoms with Crippen LogP contribution in [0.5, 0.6) is 5.75 Å². The maximum atomic E-state index is 5.79. The smallest absolute Gasteiger partial charge is 0.161 e. The lowest BCUT2D eigenvalue weighted by Crippen LogP contribution is -2.31. The van der Waals surface area contributed by atoms with E-state index in [4.69, 9.17) is 10.6 Å². The molecule has 1 aliphatic rings. The Labute approximate surface area is 118 Å². The van der Waals surface area contributed by atoms with E-state index in [1.807, 2.05) is 17.8 Å². The van der Waals surface area contributed by atoms with Gasteiger partial charge < -0.3 is 4.74 Å². The highest BCUT2D eigenvalue weighted by atomic mass is 16.5. The van der Waals surface area contributed by atoms with E-state index in [9.17, 15) is 0 Å². The fourth-order valence-corrected chi connectivity index (χ4v) is 3.01. The van der Waals surface area contributed by atoms with Crippen molar-refractivity contribution in [2.45, 2.75) is 18.4 Å². The average Bonchev–Trinajstić information content (AvgIpc) is 3.19. The van der Waals surface area contributed by atoms with E-state index < -0.39 is 0 Å². The second-order valence-corrected chi connectivity index (χ2v) is 5.28. The summed E-state index contributed by atoms with van der Waals surface area (Å²) in [7, 11) is 3.58. The number of nitrogens with one attached hydrogen (secondary N) is 1. The van der Waals surface area contributed by atoms with Gasteiger partial charge in [0.2, 0.25) is 0 Å². The predicted octanol–water partition coefficient (Wildman–Crippen LogP) is 1.74. The van der Waals surface area contributed by atoms with E-state index in [2.05, 4.69) is 34.8 Å². The second kappa shape index (κ2) is 5.26. The zero-order chi connectivity index (χ0) is 14.1. The number of nitrogens with two attached hydrogens (primary N) is 1. The number of aryl methyl sites for hydroxylation is 1. The Bertz CT molecular complexity index is 581. The molecule has 0 amide bonds. The van der Waals surface area contributed by atoms with Gasteiger partial charge in [0.25, 0.3) is 0 Å². The van der Waals surface area contributed by atoms with Gasteiger partial charge in [-0.2, -0.15) is 5.10 Å². The molecule has 3 N–H and O–H groups in total. The van der Waals surface area contributed by atoms with Crippen molar-refractivity contribution < 1.29 is 4.74 Å². The molecule has 0 spiro atoms. The third kappa shape index (κ3) is 2.19. The van der Waals surface area contributed by atoms with Crippen molar-refractivity contribution in [3.05, 3.63) is 47.8 Å². The standard InChI is InChI=1S/C15H20N4O/c1-19-15(13(20-2)9-17-19)14(18-16)12-8-11(12)10-6-4-3-5-7-10/h3-7,9,11-12,14,18H,8,16H2,1-2H3. The molecule has 2 aromatic rings. The Kier molecular flexibility index (Phi) is 3.46. The molecule has 1 aliphatic carbocycles. The van der Waals surface area contributed by atoms with Gasteiger partial charge in [0.15, 0.2) is 5.75 Å². The van der Waals surface area contributed by atoms with Crippen LogP contribution in [0.4, 0.5) is 0 Å². The van der Waals surface area contributed by atoms with Crippen LogP contribution in [0.25, 0.3) is 0 Å². The summed E-state index contributed by atoms with van der Waals surface area (Å²) >= 11 is 0. The van der Waals surface area contributed by atoms with Gasteiger partial charge in [0, 0.05) is 7.05 Å². The zero-order valence-corrected chi connectivity index (χ0v) is 11.8. The van der Waals surface area contributed by atoms with Gasteiger partial charge in [-0.1, -0.05) is 30.3 Å². The topological polar surface area (TPSA) is 65.1 Å². The highest BCUT2D eigenvalue weighted by Gasteiger charge is 2.45. The Hall–Kier alpha value is -1.85. The van der Waals surface area contributed by atoms with Crippen LogP contribution in [0.15, 0.2) is 36.5 Å². The maximum Gasteiger partial charge on any atom is 0.161 e. The van der Waals surface area contributed by atoms with Crippen LogP contribution in [0, 0.1) is 5.92 Å². The van der Waals surface area contributed by atoms with Crippen molar-refractivity contribution in [1.29, 1.82) is 0 Å². The predicted molar refractivity (Wildman–Crippen MR) is 77.1 cm³/mol. The van der Waals surface area contributed by atoms with Crippen molar-refractivity contribution >= 4 is 0 Å². The first-order chi connectivity index (χ1) is 9.76. The zero-order valence-electron chi connectivity index (χ0n) is 11.8. The molecule has 5 heteroatoms. The summed E-state index contributed by atoms with van der Waals surface area (Å²) in [6, 6.07) is 10.6. The summed E-state index contributed by atoms with van der Waals surface area (Å²) in [4.78, 5) is 0. The van der Waals surface area contributed by atoms with E-state index in [1.54, 1.807) is 13.3 Å². The molecule has 106 valence electrons. The first-order valence-electron chi connectivity index (χ1n) is 6.83. The molecule has 3 unspecified atom stereocenters. The van der Waals surface area contributed by atoms with Gasteiger partial charge in [-0.15, -0.1) is 0 Å². The number of hydrogen-bond acceptors (Lipinski definition) is 4. The Morgan fingerprint density at radius 2 is 2.15 bits per heavy atom. The number of aromatic nitrogens is 2. The van der Waals surface area contributed by atoms with Crippen LogP contribution in [-0.4, -0.2) is 16.9 Å². The Balaban J connectivity index is 1.84. The van der Waals surface area contributed by atoms with Crippen molar-refractivity contribution in [3.8, 4) is 5.75 Å². The molecule has 5 nitrogen and oxygen atoms in total. The fraction of sp³-hybridized carbons (Fsp3) is 0.400. The first-order valence-corrected chi connectivity index (χ1v) is 6.83. The number of hydrogen-bond donors (Lipinski definition) is 2. The molecular formula is C15H20N4O. The average molecular weight is 272 g/mol. The van der Waals surface area contributed by atoms with Gasteiger partial charge in [-0.05, 0) is 23.8 Å². The molecule has 1 heterocycles. The van der Waals surface area contributed by atoms with E-state index in [0.717, 1.165) is 17.9 Å². The Morgan fingerprint density at radius 3 is 2.80 bits per heavy atom. The first kappa shape index (κ1) is 13.1. The van der Waals surface area contributed by atoms with Crippen LogP contribution in [-0.2, 0) is 7.05 Å². The summed E-state index contributed by atoms with van der Waals surface area (Å²) in [5.41, 5.74) is 5.33. The lowest BCUT2D eigenvalue weighted by molar-refractivity contribution is 0.383. The monoisotopic (exact) mass is 272 g/mol. The van der Waals surface area contributed by atoms with E-state index >= 15 is 0 Å². The van der Waals surface area contributed by atoms with Gasteiger partial charge in [0.05, 0.1) is 25.0 Å². The van der Waals surface area contributed by atoms with Crippen LogP contribution >= 0.6 is 0 Å². The fourth-order valence-electron chi connectivity index (χ4n) is 3.01. The summed E-state index contributed by atoms with van der Waals surface area (Å²) in [5.74, 6) is 7.61. The summed E-state index contributed by atoms with van der Waals surface area (Å²) in [6.45, 7) is 0. The second-order valence-electron chi connectivity index (χ2n) is 5.28. The minimum Gasteiger partial charge on any atom is -0.493 e. The van der Waals surface area contributed by atoms with Crippen LogP contribution in [0.3, 0.4) is 0 Å². The molecular weight excluding hydrogens is 252 g/mol. The van der Waals surface area contributed by atoms with Crippen LogP contribution in [0.2, 0.25) is 0 Å². The van der Waals surface area contributed by atoms with Crippen LogP contribution in [0.1, 0.15) is 29.6 Å². The highest BCUT2D eigenvalue weighted by molar-refractivity contribution is 5.33. The molecule has 20 heavy (non-hydrogen) atoms. The third-order valence-electron chi connectivity index (χ3n) is 4.14. The number of nitrogens with zero attached hydrogens (tertiary/aromatic N) is 2. The molecule has 1 saturated carbocycles. The van der Waals surface area contributed by atoms with E-state index in [1.165, 1.54) is 5.56 Å². The molecule has 3 atom stereocenters. The maximum absolute atomic E-state index is 5.79. The minimum atomic E-state index is 0.0580. The molecule has 1 aromatic heterocycles. The van der Waals surface area contributed by atoms with Crippen LogP contribution < -0.4 is 16.0 Å². The molecule has 1 fully saturated rings. The van der Waals surface area contributed by atoms with Crippen molar-refractivity contribution in [2.75, 3.05) is 7.11 Å². The van der Waals surface area contributed by atoms with Crippen molar-refractivity contribution in [1.82, 2.24) is 15.2 Å². The van der Waals surface area contributed by atoms with E-state index in [-0.39, 0.29) is 6.04 Å². The normalized spacial score (nSPS) is 22.6. The van der Waals surface area contributed by atoms with Gasteiger partial charge >= 0.3 is 0 Å². The number of hydrazine groups is 1. The lowest BCUT2D eigenvalue weighted by atomic mass is 10.0. The van der Waals surface area contributed by atoms with Crippen molar-refractivity contribution in [2.24, 2.45) is 18.8 Å². The van der Waals surface area contributed by atoms with Crippen molar-refractivity contribution in [3.63, 3.8) is 0 Å². The quantitative estimate of drug-likeness (QED) is 0.643.